The highest BCUT2D eigenvalue weighted by molar-refractivity contribution is 7.99. The minimum atomic E-state index is -0.401. The van der Waals surface area contributed by atoms with Crippen LogP contribution < -0.4 is 5.32 Å². The van der Waals surface area contributed by atoms with Gasteiger partial charge in [-0.1, -0.05) is 61.9 Å². The number of rotatable bonds is 10. The van der Waals surface area contributed by atoms with Crippen molar-refractivity contribution in [2.45, 2.75) is 64.7 Å². The van der Waals surface area contributed by atoms with E-state index >= 15 is 0 Å². The maximum absolute atomic E-state index is 13.7. The highest BCUT2D eigenvalue weighted by Crippen LogP contribution is 2.40. The number of thioether (sulfide) groups is 1. The molecule has 1 amide bonds. The molecular formula is C34H37NO4S. The predicted octanol–water partition coefficient (Wildman–Crippen LogP) is 7.81. The first-order valence-corrected chi connectivity index (χ1v) is 14.9. The van der Waals surface area contributed by atoms with Gasteiger partial charge in [-0.3, -0.25) is 14.4 Å². The van der Waals surface area contributed by atoms with Gasteiger partial charge >= 0.3 is 5.97 Å². The summed E-state index contributed by atoms with van der Waals surface area (Å²) in [7, 11) is 0. The number of allylic oxidation sites excluding steroid dienone is 2. The second-order valence-corrected chi connectivity index (χ2v) is 11.3. The zero-order valence-electron chi connectivity index (χ0n) is 23.7. The van der Waals surface area contributed by atoms with Crippen LogP contribution in [0.4, 0.5) is 5.69 Å². The number of carbonyl (C=O) groups excluding carboxylic acids is 3. The second-order valence-electron chi connectivity index (χ2n) is 10.2. The molecule has 208 valence electrons. The number of esters is 1. The number of ketones is 1. The van der Waals surface area contributed by atoms with E-state index in [0.717, 1.165) is 52.3 Å². The van der Waals surface area contributed by atoms with Crippen molar-refractivity contribution in [3.8, 4) is 0 Å². The molecule has 3 aromatic carbocycles. The van der Waals surface area contributed by atoms with Crippen LogP contribution in [-0.2, 0) is 27.2 Å². The molecule has 0 spiro atoms. The minimum absolute atomic E-state index is 0.0428. The Bertz CT molecular complexity index is 1400. The number of ether oxygens (including phenoxy) is 1. The Kier molecular flexibility index (Phi) is 9.99. The van der Waals surface area contributed by atoms with E-state index in [4.69, 9.17) is 4.74 Å². The van der Waals surface area contributed by atoms with Gasteiger partial charge in [0.05, 0.1) is 11.3 Å². The molecule has 40 heavy (non-hydrogen) atoms. The van der Waals surface area contributed by atoms with Gasteiger partial charge in [-0.15, -0.1) is 11.8 Å². The molecule has 1 unspecified atom stereocenters. The summed E-state index contributed by atoms with van der Waals surface area (Å²) in [5, 5.41) is 3.02. The Balaban J connectivity index is 1.51. The fourth-order valence-electron chi connectivity index (χ4n) is 5.34. The molecule has 1 aliphatic carbocycles. The van der Waals surface area contributed by atoms with Crippen LogP contribution >= 0.6 is 11.8 Å². The average Bonchev–Trinajstić information content (AvgIpc) is 2.94. The summed E-state index contributed by atoms with van der Waals surface area (Å²) in [5.74, 6) is 0.837. The molecule has 0 aromatic heterocycles. The molecule has 0 fully saturated rings. The molecule has 6 heteroatoms. The number of amides is 1. The second kappa shape index (κ2) is 13.6. The first-order valence-electron chi connectivity index (χ1n) is 14.0. The summed E-state index contributed by atoms with van der Waals surface area (Å²) in [6, 6.07) is 21.2. The smallest absolute Gasteiger partial charge is 0.307 e. The van der Waals surface area contributed by atoms with Gasteiger partial charge in [0.15, 0.2) is 5.78 Å². The van der Waals surface area contributed by atoms with Crippen LogP contribution in [0, 0.1) is 12.8 Å². The molecule has 1 aliphatic rings. The molecule has 1 atom stereocenters. The first-order chi connectivity index (χ1) is 19.3. The van der Waals surface area contributed by atoms with Crippen molar-refractivity contribution >= 4 is 40.7 Å². The summed E-state index contributed by atoms with van der Waals surface area (Å²) in [4.78, 5) is 39.4. The molecule has 0 radical (unpaired) electrons. The Labute approximate surface area is 241 Å². The number of hydrogen-bond donors (Lipinski definition) is 1. The molecule has 0 heterocycles. The summed E-state index contributed by atoms with van der Waals surface area (Å²) in [5.41, 5.74) is 6.32. The van der Waals surface area contributed by atoms with E-state index in [-0.39, 0.29) is 17.6 Å². The molecule has 4 rings (SSSR count). The minimum Gasteiger partial charge on any atom is -0.430 e. The van der Waals surface area contributed by atoms with E-state index in [1.807, 2.05) is 42.5 Å². The molecule has 1 N–H and O–H groups in total. The van der Waals surface area contributed by atoms with Crippen molar-refractivity contribution in [1.82, 2.24) is 0 Å². The number of nitrogens with one attached hydrogen (secondary N) is 1. The Morgan fingerprint density at radius 1 is 0.950 bits per heavy atom. The standard InChI is InChI=1S/C34H37NO4S/c1-5-25-18-22(3)19-26(6-2)32(25)33-29(37)20-24(21-30(33)39-23(4)36)16-17-40-31-15-11-10-14-28(31)35-34(38)27-12-8-7-9-13-27/h7-15,18-19,24H,5-6,16-17,20-21H2,1-4H3,(H,35,38). The molecular weight excluding hydrogens is 518 g/mol. The lowest BCUT2D eigenvalue weighted by Gasteiger charge is -2.28. The third kappa shape index (κ3) is 7.11. The normalized spacial score (nSPS) is 15.2. The highest BCUT2D eigenvalue weighted by Gasteiger charge is 2.32. The predicted molar refractivity (Wildman–Crippen MR) is 163 cm³/mol. The van der Waals surface area contributed by atoms with Crippen LogP contribution in [0.5, 0.6) is 0 Å². The third-order valence-corrected chi connectivity index (χ3v) is 8.29. The molecule has 3 aromatic rings. The summed E-state index contributed by atoms with van der Waals surface area (Å²) in [6.45, 7) is 7.66. The van der Waals surface area contributed by atoms with Crippen LogP contribution in [0.1, 0.15) is 72.6 Å². The Morgan fingerprint density at radius 2 is 1.60 bits per heavy atom. The molecule has 0 saturated carbocycles. The zero-order chi connectivity index (χ0) is 28.6. The van der Waals surface area contributed by atoms with Gasteiger partial charge in [-0.05, 0) is 78.8 Å². The lowest BCUT2D eigenvalue weighted by atomic mass is 9.79. The van der Waals surface area contributed by atoms with Crippen molar-refractivity contribution in [1.29, 1.82) is 0 Å². The summed E-state index contributed by atoms with van der Waals surface area (Å²) in [6.07, 6.45) is 3.36. The van der Waals surface area contributed by atoms with Crippen molar-refractivity contribution in [3.05, 3.63) is 100 Å². The molecule has 0 saturated heterocycles. The highest BCUT2D eigenvalue weighted by atomic mass is 32.2. The van der Waals surface area contributed by atoms with E-state index in [0.29, 0.717) is 29.7 Å². The van der Waals surface area contributed by atoms with E-state index in [2.05, 4.69) is 38.2 Å². The number of benzene rings is 3. The molecule has 0 aliphatic heterocycles. The van der Waals surface area contributed by atoms with Crippen molar-refractivity contribution < 1.29 is 19.1 Å². The van der Waals surface area contributed by atoms with Crippen LogP contribution in [0.15, 0.2) is 77.4 Å². The number of aryl methyl sites for hydroxylation is 3. The van der Waals surface area contributed by atoms with Crippen LogP contribution in [0.2, 0.25) is 0 Å². The van der Waals surface area contributed by atoms with E-state index in [1.165, 1.54) is 12.5 Å². The summed E-state index contributed by atoms with van der Waals surface area (Å²) < 4.78 is 5.72. The average molecular weight is 556 g/mol. The fourth-order valence-corrected chi connectivity index (χ4v) is 6.46. The Morgan fingerprint density at radius 3 is 2.25 bits per heavy atom. The van der Waals surface area contributed by atoms with Gasteiger partial charge in [0.25, 0.3) is 5.91 Å². The van der Waals surface area contributed by atoms with Crippen LogP contribution in [0.25, 0.3) is 5.57 Å². The van der Waals surface area contributed by atoms with Gasteiger partial charge in [0, 0.05) is 30.2 Å². The van der Waals surface area contributed by atoms with E-state index in [1.54, 1.807) is 23.9 Å². The maximum Gasteiger partial charge on any atom is 0.307 e. The quantitative estimate of drug-likeness (QED) is 0.204. The number of para-hydroxylation sites is 1. The SMILES string of the molecule is CCc1cc(C)cc(CC)c1C1=C(OC(C)=O)CC(CCSc2ccccc2NC(=O)c2ccccc2)CC1=O. The van der Waals surface area contributed by atoms with Gasteiger partial charge in [0.2, 0.25) is 0 Å². The van der Waals surface area contributed by atoms with E-state index < -0.39 is 5.97 Å². The topological polar surface area (TPSA) is 72.5 Å². The molecule has 0 bridgehead atoms. The van der Waals surface area contributed by atoms with Crippen molar-refractivity contribution in [2.75, 3.05) is 11.1 Å². The molecule has 5 nitrogen and oxygen atoms in total. The number of anilines is 1. The van der Waals surface area contributed by atoms with Crippen LogP contribution in [0.3, 0.4) is 0 Å². The third-order valence-electron chi connectivity index (χ3n) is 7.19. The van der Waals surface area contributed by atoms with Gasteiger partial charge in [-0.25, -0.2) is 0 Å². The van der Waals surface area contributed by atoms with Crippen molar-refractivity contribution in [3.63, 3.8) is 0 Å². The zero-order valence-corrected chi connectivity index (χ0v) is 24.5. The van der Waals surface area contributed by atoms with Gasteiger partial charge in [-0.2, -0.15) is 0 Å². The van der Waals surface area contributed by atoms with Gasteiger partial charge < -0.3 is 10.1 Å². The maximum atomic E-state index is 13.7. The lowest BCUT2D eigenvalue weighted by molar-refractivity contribution is -0.137. The first kappa shape index (κ1) is 29.3. The van der Waals surface area contributed by atoms with Crippen LogP contribution in [-0.4, -0.2) is 23.4 Å². The fraction of sp³-hybridized carbons (Fsp3) is 0.324. The lowest BCUT2D eigenvalue weighted by Crippen LogP contribution is -2.23. The number of hydrogen-bond acceptors (Lipinski definition) is 5. The van der Waals surface area contributed by atoms with E-state index in [9.17, 15) is 14.4 Å². The number of carbonyl (C=O) groups is 3. The van der Waals surface area contributed by atoms with Gasteiger partial charge in [0.1, 0.15) is 5.76 Å². The number of Topliss-reactive ketones (excluding diaryl/α,β-unsaturated/α-hetero) is 1. The Hall–Kier alpha value is -3.64. The monoisotopic (exact) mass is 555 g/mol. The largest absolute Gasteiger partial charge is 0.430 e. The summed E-state index contributed by atoms with van der Waals surface area (Å²) >= 11 is 1.66. The van der Waals surface area contributed by atoms with Crippen molar-refractivity contribution in [2.24, 2.45) is 5.92 Å².